The molecular formula is C30H25ClN6O3. The van der Waals surface area contributed by atoms with Gasteiger partial charge in [-0.05, 0) is 66.6 Å². The van der Waals surface area contributed by atoms with Crippen LogP contribution in [0.4, 0.5) is 17.1 Å². The van der Waals surface area contributed by atoms with E-state index < -0.39 is 0 Å². The first kappa shape index (κ1) is 24.2. The average molecular weight is 553 g/mol. The molecule has 0 aliphatic carbocycles. The molecule has 6 aromatic rings. The zero-order valence-electron chi connectivity index (χ0n) is 21.4. The number of halogens is 1. The zero-order valence-corrected chi connectivity index (χ0v) is 22.2. The number of rotatable bonds is 4. The lowest BCUT2D eigenvalue weighted by Crippen LogP contribution is -2.30. The standard InChI is InChI=1S/C30H25ClN6O3/c1-14-12-33-28-25(38)10-24-27(26(14)28)17(11-31)13-37(24)30(40)23-9-16-7-19(3-5-21(16)36-23)34-29(39)22-8-15-6-18(32)2-4-20(15)35-22/h2-10,12,17,33,35-36,38H,11,13,32H2,1H3,(H,34,39). The number of carbonyl (C=O) groups is 2. The summed E-state index contributed by atoms with van der Waals surface area (Å²) in [5, 5.41) is 16.1. The molecule has 3 aromatic heterocycles. The molecule has 1 unspecified atom stereocenters. The number of aromatic amines is 3. The lowest BCUT2D eigenvalue weighted by atomic mass is 9.97. The highest BCUT2D eigenvalue weighted by molar-refractivity contribution is 6.19. The Morgan fingerprint density at radius 1 is 1.05 bits per heavy atom. The predicted octanol–water partition coefficient (Wildman–Crippen LogP) is 5.96. The zero-order chi connectivity index (χ0) is 27.7. The van der Waals surface area contributed by atoms with Crippen molar-refractivity contribution in [1.82, 2.24) is 15.0 Å². The summed E-state index contributed by atoms with van der Waals surface area (Å²) >= 11 is 6.35. The van der Waals surface area contributed by atoms with Crippen LogP contribution in [0.3, 0.4) is 0 Å². The number of aryl methyl sites for hydroxylation is 1. The fourth-order valence-corrected chi connectivity index (χ4v) is 6.04. The Morgan fingerprint density at radius 2 is 1.77 bits per heavy atom. The molecule has 0 bridgehead atoms. The van der Waals surface area contributed by atoms with Gasteiger partial charge in [0.1, 0.15) is 17.1 Å². The quantitative estimate of drug-likeness (QED) is 0.118. The van der Waals surface area contributed by atoms with Crippen molar-refractivity contribution in [2.75, 3.05) is 28.4 Å². The molecule has 1 aliphatic rings. The first-order valence-corrected chi connectivity index (χ1v) is 13.4. The van der Waals surface area contributed by atoms with E-state index in [9.17, 15) is 14.7 Å². The molecular weight excluding hydrogens is 528 g/mol. The minimum atomic E-state index is -0.284. The number of aromatic nitrogens is 3. The van der Waals surface area contributed by atoms with Crippen molar-refractivity contribution >= 4 is 73.2 Å². The monoisotopic (exact) mass is 552 g/mol. The number of amides is 2. The van der Waals surface area contributed by atoms with Crippen LogP contribution in [0, 0.1) is 6.92 Å². The highest BCUT2D eigenvalue weighted by atomic mass is 35.5. The van der Waals surface area contributed by atoms with E-state index in [1.807, 2.05) is 37.4 Å². The molecule has 1 aliphatic heterocycles. The molecule has 3 aromatic carbocycles. The number of hydrogen-bond acceptors (Lipinski definition) is 4. The number of anilines is 3. The third kappa shape index (κ3) is 3.70. The summed E-state index contributed by atoms with van der Waals surface area (Å²) in [6.07, 6.45) is 1.85. The lowest BCUT2D eigenvalue weighted by Gasteiger charge is -2.17. The summed E-state index contributed by atoms with van der Waals surface area (Å²) in [6.45, 7) is 2.38. The maximum absolute atomic E-state index is 13.7. The minimum absolute atomic E-state index is 0.0644. The number of benzene rings is 3. The van der Waals surface area contributed by atoms with E-state index in [1.54, 1.807) is 35.2 Å². The average Bonchev–Trinajstić information content (AvgIpc) is 3.71. The van der Waals surface area contributed by atoms with E-state index in [1.165, 1.54) is 0 Å². The van der Waals surface area contributed by atoms with Crippen LogP contribution in [0.2, 0.25) is 0 Å². The third-order valence-electron chi connectivity index (χ3n) is 7.68. The fraction of sp³-hybridized carbons (Fsp3) is 0.133. The van der Waals surface area contributed by atoms with Crippen LogP contribution in [0.5, 0.6) is 5.75 Å². The summed E-state index contributed by atoms with van der Waals surface area (Å²) < 4.78 is 0. The van der Waals surface area contributed by atoms with E-state index in [0.29, 0.717) is 46.4 Å². The van der Waals surface area contributed by atoms with Gasteiger partial charge >= 0.3 is 0 Å². The van der Waals surface area contributed by atoms with Gasteiger partial charge in [-0.15, -0.1) is 11.6 Å². The highest BCUT2D eigenvalue weighted by Crippen LogP contribution is 2.46. The summed E-state index contributed by atoms with van der Waals surface area (Å²) in [5.41, 5.74) is 12.7. The first-order valence-electron chi connectivity index (χ1n) is 12.8. The Hall–Kier alpha value is -4.89. The number of nitrogens with two attached hydrogens (primary N) is 1. The van der Waals surface area contributed by atoms with Crippen molar-refractivity contribution in [2.45, 2.75) is 12.8 Å². The number of aromatic hydroxyl groups is 1. The molecule has 40 heavy (non-hydrogen) atoms. The van der Waals surface area contributed by atoms with Crippen LogP contribution in [-0.2, 0) is 0 Å². The molecule has 7 rings (SSSR count). The molecule has 0 fully saturated rings. The number of nitrogens with zero attached hydrogens (tertiary/aromatic N) is 1. The van der Waals surface area contributed by atoms with E-state index in [-0.39, 0.29) is 23.5 Å². The second-order valence-corrected chi connectivity index (χ2v) is 10.6. The van der Waals surface area contributed by atoms with Gasteiger partial charge in [0.25, 0.3) is 11.8 Å². The SMILES string of the molecule is Cc1c[nH]c2c(O)cc3c(c12)C(CCl)CN3C(=O)c1cc2cc(NC(=O)c3cc4cc(N)ccc4[nH]3)ccc2[nH]1. The van der Waals surface area contributed by atoms with Gasteiger partial charge in [-0.2, -0.15) is 0 Å². The van der Waals surface area contributed by atoms with Gasteiger partial charge < -0.3 is 36.0 Å². The third-order valence-corrected chi connectivity index (χ3v) is 8.06. The predicted molar refractivity (Wildman–Crippen MR) is 159 cm³/mol. The molecule has 1 atom stereocenters. The van der Waals surface area contributed by atoms with Crippen molar-refractivity contribution in [1.29, 1.82) is 0 Å². The van der Waals surface area contributed by atoms with Crippen LogP contribution in [0.15, 0.2) is 60.8 Å². The maximum Gasteiger partial charge on any atom is 0.274 e. The molecule has 0 spiro atoms. The Labute approximate surface area is 232 Å². The number of H-pyrrole nitrogens is 3. The first-order chi connectivity index (χ1) is 19.3. The van der Waals surface area contributed by atoms with Crippen LogP contribution >= 0.6 is 11.6 Å². The van der Waals surface area contributed by atoms with E-state index in [4.69, 9.17) is 17.3 Å². The van der Waals surface area contributed by atoms with Crippen LogP contribution in [0.1, 0.15) is 38.0 Å². The summed E-state index contributed by atoms with van der Waals surface area (Å²) in [5.74, 6) is -0.135. The Morgan fingerprint density at radius 3 is 2.58 bits per heavy atom. The van der Waals surface area contributed by atoms with Crippen LogP contribution in [-0.4, -0.2) is 44.3 Å². The van der Waals surface area contributed by atoms with Gasteiger partial charge in [-0.1, -0.05) is 0 Å². The summed E-state index contributed by atoms with van der Waals surface area (Å²) in [4.78, 5) is 37.8. The number of hydrogen-bond donors (Lipinski definition) is 6. The Kier molecular flexibility index (Phi) is 5.33. The van der Waals surface area contributed by atoms with Crippen molar-refractivity contribution in [2.24, 2.45) is 0 Å². The Balaban J connectivity index is 1.18. The molecule has 9 nitrogen and oxygen atoms in total. The highest BCUT2D eigenvalue weighted by Gasteiger charge is 2.36. The van der Waals surface area contributed by atoms with Crippen LogP contribution in [0.25, 0.3) is 32.7 Å². The normalized spacial score (nSPS) is 14.8. The van der Waals surface area contributed by atoms with Crippen molar-refractivity contribution in [3.8, 4) is 5.75 Å². The smallest absolute Gasteiger partial charge is 0.274 e. The fourth-order valence-electron chi connectivity index (χ4n) is 5.79. The number of carbonyl (C=O) groups excluding carboxylic acids is 2. The van der Waals surface area contributed by atoms with Gasteiger partial charge in [0, 0.05) is 69.2 Å². The summed E-state index contributed by atoms with van der Waals surface area (Å²) in [7, 11) is 0. The molecule has 0 saturated heterocycles. The van der Waals surface area contributed by atoms with Gasteiger partial charge in [-0.25, -0.2) is 0 Å². The second kappa shape index (κ2) is 8.82. The van der Waals surface area contributed by atoms with Gasteiger partial charge in [-0.3, -0.25) is 9.59 Å². The maximum atomic E-state index is 13.7. The van der Waals surface area contributed by atoms with Crippen LogP contribution < -0.4 is 16.0 Å². The van der Waals surface area contributed by atoms with E-state index in [2.05, 4.69) is 20.3 Å². The van der Waals surface area contributed by atoms with Gasteiger partial charge in [0.05, 0.1) is 11.2 Å². The Bertz CT molecular complexity index is 2000. The number of phenolic OH excluding ortho intramolecular Hbond substituents is 1. The van der Waals surface area contributed by atoms with Gasteiger partial charge in [0.15, 0.2) is 0 Å². The van der Waals surface area contributed by atoms with Crippen molar-refractivity contribution in [3.05, 3.63) is 83.3 Å². The van der Waals surface area contributed by atoms with Crippen molar-refractivity contribution in [3.63, 3.8) is 0 Å². The number of nitrogen functional groups attached to an aromatic ring is 1. The topological polar surface area (TPSA) is 143 Å². The van der Waals surface area contributed by atoms with Gasteiger partial charge in [0.2, 0.25) is 0 Å². The van der Waals surface area contributed by atoms with E-state index >= 15 is 0 Å². The molecule has 0 radical (unpaired) electrons. The van der Waals surface area contributed by atoms with Crippen molar-refractivity contribution < 1.29 is 14.7 Å². The lowest BCUT2D eigenvalue weighted by molar-refractivity contribution is 0.0983. The number of alkyl halides is 1. The molecule has 2 amide bonds. The number of fused-ring (bicyclic) bond motifs is 5. The molecule has 0 saturated carbocycles. The summed E-state index contributed by atoms with van der Waals surface area (Å²) in [6, 6.07) is 16.0. The minimum Gasteiger partial charge on any atom is -0.506 e. The molecule has 10 heteroatoms. The molecule has 7 N–H and O–H groups in total. The molecule has 4 heterocycles. The number of phenols is 1. The molecule has 200 valence electrons. The number of nitrogens with one attached hydrogen (secondary N) is 4. The second-order valence-electron chi connectivity index (χ2n) is 10.3. The van der Waals surface area contributed by atoms with E-state index in [0.717, 1.165) is 38.3 Å². The largest absolute Gasteiger partial charge is 0.506 e.